The summed E-state index contributed by atoms with van der Waals surface area (Å²) in [5.41, 5.74) is 5.36. The van der Waals surface area contributed by atoms with Crippen LogP contribution in [0.2, 0.25) is 0 Å². The van der Waals surface area contributed by atoms with E-state index >= 15 is 0 Å². The molecule has 1 aromatic carbocycles. The molecule has 2 aliphatic rings. The highest BCUT2D eigenvalue weighted by Gasteiger charge is 2.41. The van der Waals surface area contributed by atoms with Crippen LogP contribution in [0.5, 0.6) is 0 Å². The molecule has 1 fully saturated rings. The molecule has 0 amide bonds. The third-order valence-corrected chi connectivity index (χ3v) is 5.78. The number of carbonyl (C=O) groups is 1. The number of carbonyl (C=O) groups excluding carboxylic acids is 1. The molecule has 0 saturated heterocycles. The number of Topliss-reactive ketones (excluding diaryl/α,β-unsaturated/α-hetero) is 1. The van der Waals surface area contributed by atoms with Crippen molar-refractivity contribution in [2.24, 2.45) is 11.8 Å². The number of rotatable bonds is 4. The molecule has 136 valence electrons. The predicted octanol–water partition coefficient (Wildman–Crippen LogP) is 6.37. The summed E-state index contributed by atoms with van der Waals surface area (Å²) < 4.78 is 0. The van der Waals surface area contributed by atoms with E-state index in [-0.39, 0.29) is 23.4 Å². The molecular weight excluding hydrogens is 344 g/mol. The van der Waals surface area contributed by atoms with Crippen LogP contribution in [0.4, 0.5) is 0 Å². The van der Waals surface area contributed by atoms with Crippen LogP contribution in [-0.4, -0.2) is 10.9 Å². The molecular formula is C23H25ClO2. The van der Waals surface area contributed by atoms with Crippen LogP contribution >= 0.6 is 11.6 Å². The molecule has 1 aromatic rings. The third-order valence-electron chi connectivity index (χ3n) is 5.67. The summed E-state index contributed by atoms with van der Waals surface area (Å²) in [5, 5.41) is 11.2. The Labute approximate surface area is 160 Å². The maximum absolute atomic E-state index is 12.9. The number of fused-ring (bicyclic) bond motifs is 2. The zero-order valence-electron chi connectivity index (χ0n) is 15.6. The third kappa shape index (κ3) is 3.31. The van der Waals surface area contributed by atoms with E-state index in [1.54, 1.807) is 0 Å². The number of allylic oxidation sites excluding steroid dienone is 7. The Morgan fingerprint density at radius 1 is 1.31 bits per heavy atom. The van der Waals surface area contributed by atoms with Gasteiger partial charge in [-0.2, -0.15) is 0 Å². The van der Waals surface area contributed by atoms with Crippen molar-refractivity contribution in [3.05, 3.63) is 70.0 Å². The van der Waals surface area contributed by atoms with Crippen LogP contribution < -0.4 is 0 Å². The fraction of sp³-hybridized carbons (Fsp3) is 0.348. The summed E-state index contributed by atoms with van der Waals surface area (Å²) in [6, 6.07) is 6.03. The topological polar surface area (TPSA) is 37.3 Å². The number of ketones is 1. The first-order chi connectivity index (χ1) is 12.3. The van der Waals surface area contributed by atoms with E-state index < -0.39 is 0 Å². The van der Waals surface area contributed by atoms with Gasteiger partial charge in [0.15, 0.2) is 5.78 Å². The fourth-order valence-electron chi connectivity index (χ4n) is 4.07. The van der Waals surface area contributed by atoms with Crippen molar-refractivity contribution >= 4 is 28.5 Å². The van der Waals surface area contributed by atoms with Crippen LogP contribution in [0, 0.1) is 18.8 Å². The highest BCUT2D eigenvalue weighted by Crippen LogP contribution is 2.46. The van der Waals surface area contributed by atoms with Gasteiger partial charge < -0.3 is 5.11 Å². The second-order valence-electron chi connectivity index (χ2n) is 7.34. The molecule has 3 rings (SSSR count). The first-order valence-electron chi connectivity index (χ1n) is 9.11. The van der Waals surface area contributed by atoms with E-state index in [2.05, 4.69) is 6.58 Å². The molecule has 1 saturated carbocycles. The highest BCUT2D eigenvalue weighted by molar-refractivity contribution is 6.31. The smallest absolute Gasteiger partial charge is 0.169 e. The second kappa shape index (κ2) is 7.28. The normalized spacial score (nSPS) is 23.6. The van der Waals surface area contributed by atoms with E-state index in [4.69, 9.17) is 11.6 Å². The van der Waals surface area contributed by atoms with E-state index in [0.29, 0.717) is 10.6 Å². The van der Waals surface area contributed by atoms with Crippen molar-refractivity contribution < 1.29 is 9.90 Å². The minimum absolute atomic E-state index is 0.0591. The van der Waals surface area contributed by atoms with E-state index in [1.165, 1.54) is 0 Å². The molecule has 26 heavy (non-hydrogen) atoms. The van der Waals surface area contributed by atoms with Gasteiger partial charge in [0.1, 0.15) is 5.76 Å². The monoisotopic (exact) mass is 368 g/mol. The van der Waals surface area contributed by atoms with Gasteiger partial charge in [-0.15, -0.1) is 0 Å². The molecule has 0 heterocycles. The van der Waals surface area contributed by atoms with Gasteiger partial charge in [0.2, 0.25) is 0 Å². The van der Waals surface area contributed by atoms with Gasteiger partial charge in [-0.25, -0.2) is 0 Å². The molecule has 2 atom stereocenters. The van der Waals surface area contributed by atoms with Crippen LogP contribution in [0.3, 0.4) is 0 Å². The highest BCUT2D eigenvalue weighted by atomic mass is 35.5. The van der Waals surface area contributed by atoms with Crippen LogP contribution in [-0.2, 0) is 4.79 Å². The zero-order chi connectivity index (χ0) is 19.0. The van der Waals surface area contributed by atoms with Gasteiger partial charge in [0, 0.05) is 16.9 Å². The van der Waals surface area contributed by atoms with Crippen molar-refractivity contribution in [3.8, 4) is 0 Å². The number of aryl methyl sites for hydroxylation is 1. The molecule has 0 aromatic heterocycles. The van der Waals surface area contributed by atoms with Crippen molar-refractivity contribution in [2.75, 3.05) is 0 Å². The molecule has 0 aliphatic heterocycles. The molecule has 3 heteroatoms. The minimum atomic E-state index is 0.0591. The van der Waals surface area contributed by atoms with E-state index in [0.717, 1.165) is 47.1 Å². The van der Waals surface area contributed by atoms with Gasteiger partial charge in [-0.05, 0) is 80.0 Å². The number of hydrogen-bond donors (Lipinski definition) is 1. The molecule has 1 N–H and O–H groups in total. The Kier molecular flexibility index (Phi) is 5.24. The van der Waals surface area contributed by atoms with Crippen LogP contribution in [0.1, 0.15) is 49.8 Å². The summed E-state index contributed by atoms with van der Waals surface area (Å²) >= 11 is 6.03. The Hall–Kier alpha value is -2.06. The van der Waals surface area contributed by atoms with Crippen molar-refractivity contribution in [2.45, 2.75) is 40.0 Å². The van der Waals surface area contributed by atoms with Gasteiger partial charge in [0.25, 0.3) is 0 Å². The van der Waals surface area contributed by atoms with Crippen LogP contribution in [0.15, 0.2) is 53.3 Å². The summed E-state index contributed by atoms with van der Waals surface area (Å²) in [5.74, 6) is 0.556. The molecule has 2 bridgehead atoms. The molecule has 2 nitrogen and oxygen atoms in total. The Morgan fingerprint density at radius 3 is 2.65 bits per heavy atom. The predicted molar refractivity (Wildman–Crippen MR) is 109 cm³/mol. The number of aliphatic hydroxyl groups is 1. The molecule has 0 radical (unpaired) electrons. The summed E-state index contributed by atoms with van der Waals surface area (Å²) in [6.45, 7) is 9.76. The van der Waals surface area contributed by atoms with Crippen molar-refractivity contribution in [1.29, 1.82) is 0 Å². The molecule has 2 unspecified atom stereocenters. The minimum Gasteiger partial charge on any atom is -0.511 e. The van der Waals surface area contributed by atoms with Gasteiger partial charge in [0.05, 0.1) is 5.57 Å². The quantitative estimate of drug-likeness (QED) is 0.627. The average Bonchev–Trinajstić information content (AvgIpc) is 3.06. The fourth-order valence-corrected chi connectivity index (χ4v) is 4.18. The maximum Gasteiger partial charge on any atom is 0.169 e. The van der Waals surface area contributed by atoms with Gasteiger partial charge >= 0.3 is 0 Å². The zero-order valence-corrected chi connectivity index (χ0v) is 16.4. The summed E-state index contributed by atoms with van der Waals surface area (Å²) in [4.78, 5) is 12.9. The SMILES string of the molecule is C=C(Cl)/C=C(\C(C)=C/C)c1ccc(C)c(C2=C(O)C3CCC(C3)C2=O)c1. The van der Waals surface area contributed by atoms with E-state index in [9.17, 15) is 9.90 Å². The second-order valence-corrected chi connectivity index (χ2v) is 7.82. The Bertz CT molecular complexity index is 870. The number of hydrogen-bond acceptors (Lipinski definition) is 2. The summed E-state index contributed by atoms with van der Waals surface area (Å²) in [6.07, 6.45) is 6.44. The number of halogens is 1. The van der Waals surface area contributed by atoms with Gasteiger partial charge in [-0.3, -0.25) is 4.79 Å². The largest absolute Gasteiger partial charge is 0.511 e. The lowest BCUT2D eigenvalue weighted by Gasteiger charge is -2.23. The van der Waals surface area contributed by atoms with Crippen molar-refractivity contribution in [3.63, 3.8) is 0 Å². The Balaban J connectivity index is 2.16. The average molecular weight is 369 g/mol. The van der Waals surface area contributed by atoms with Crippen LogP contribution in [0.25, 0.3) is 11.1 Å². The molecule has 2 aliphatic carbocycles. The van der Waals surface area contributed by atoms with Crippen molar-refractivity contribution in [1.82, 2.24) is 0 Å². The first kappa shape index (κ1) is 18.7. The lowest BCUT2D eigenvalue weighted by Crippen LogP contribution is -2.21. The Morgan fingerprint density at radius 2 is 2.00 bits per heavy atom. The summed E-state index contributed by atoms with van der Waals surface area (Å²) in [7, 11) is 0. The lowest BCUT2D eigenvalue weighted by atomic mass is 9.81. The van der Waals surface area contributed by atoms with E-state index in [1.807, 2.05) is 51.1 Å². The van der Waals surface area contributed by atoms with Gasteiger partial charge in [-0.1, -0.05) is 36.4 Å². The maximum atomic E-state index is 12.9. The number of benzene rings is 1. The standard InChI is InChI=1S/C23H25ClO2/c1-5-13(2)19(10-15(4)24)16-7-6-14(3)20(12-16)21-22(25)17-8-9-18(11-17)23(21)26/h5-7,10,12,17-18,25H,4,8-9,11H2,1-3H3/b13-5-,19-10+. The first-order valence-corrected chi connectivity index (χ1v) is 9.49. The lowest BCUT2D eigenvalue weighted by molar-refractivity contribution is -0.117. The molecule has 0 spiro atoms. The number of aliphatic hydroxyl groups excluding tert-OH is 1.